The normalized spacial score (nSPS) is 14.3. The first-order chi connectivity index (χ1) is 18.6. The number of hydrogen-bond acceptors (Lipinski definition) is 0. The van der Waals surface area contributed by atoms with Crippen molar-refractivity contribution in [2.45, 2.75) is 19.3 Å². The van der Waals surface area contributed by atoms with Crippen LogP contribution in [0.2, 0.25) is 0 Å². The Bertz CT molecular complexity index is 2260. The first-order valence-corrected chi connectivity index (χ1v) is 13.5. The van der Waals surface area contributed by atoms with E-state index in [0.717, 1.165) is 0 Å². The van der Waals surface area contributed by atoms with Crippen molar-refractivity contribution in [2.75, 3.05) is 0 Å². The van der Waals surface area contributed by atoms with E-state index in [1.807, 2.05) is 0 Å². The molecule has 0 aliphatic heterocycles. The second-order valence-electron chi connectivity index (χ2n) is 11.4. The molecule has 0 radical (unpaired) electrons. The molecule has 9 rings (SSSR count). The van der Waals surface area contributed by atoms with Crippen molar-refractivity contribution in [1.29, 1.82) is 0 Å². The summed E-state index contributed by atoms with van der Waals surface area (Å²) in [5.74, 6) is 0. The summed E-state index contributed by atoms with van der Waals surface area (Å²) in [4.78, 5) is 0. The molecule has 0 atom stereocenters. The quantitative estimate of drug-likeness (QED) is 0.219. The summed E-state index contributed by atoms with van der Waals surface area (Å²) in [5.41, 5.74) is 12.0. The number of hydrogen-bond donors (Lipinski definition) is 0. The van der Waals surface area contributed by atoms with Crippen molar-refractivity contribution in [1.82, 2.24) is 4.40 Å². The van der Waals surface area contributed by atoms with Crippen LogP contribution in [0, 0.1) is 0 Å². The van der Waals surface area contributed by atoms with E-state index in [0.29, 0.717) is 0 Å². The van der Waals surface area contributed by atoms with Crippen LogP contribution in [0.4, 0.5) is 0 Å². The Kier molecular flexibility index (Phi) is 3.67. The van der Waals surface area contributed by atoms with Gasteiger partial charge in [-0.2, -0.15) is 0 Å². The van der Waals surface area contributed by atoms with Gasteiger partial charge in [-0.15, -0.1) is 0 Å². The molecule has 6 aromatic carbocycles. The number of rotatable bonds is 1. The number of benzene rings is 6. The molecule has 0 unspecified atom stereocenters. The lowest BCUT2D eigenvalue weighted by molar-refractivity contribution is 0.660. The van der Waals surface area contributed by atoms with E-state index in [4.69, 9.17) is 0 Å². The number of aromatic nitrogens is 1. The van der Waals surface area contributed by atoms with Gasteiger partial charge in [-0.25, -0.2) is 0 Å². The van der Waals surface area contributed by atoms with Crippen molar-refractivity contribution in [3.05, 3.63) is 126 Å². The van der Waals surface area contributed by atoms with Crippen LogP contribution in [0.3, 0.4) is 0 Å². The predicted molar refractivity (Wildman–Crippen MR) is 162 cm³/mol. The molecule has 2 heterocycles. The number of fused-ring (bicyclic) bond motifs is 11. The maximum Gasteiger partial charge on any atom is 0.0621 e. The summed E-state index contributed by atoms with van der Waals surface area (Å²) in [6.07, 6.45) is 0. The third kappa shape index (κ3) is 2.38. The molecule has 0 bridgehead atoms. The highest BCUT2D eigenvalue weighted by Crippen LogP contribution is 2.50. The minimum Gasteiger partial charge on any atom is -0.308 e. The summed E-state index contributed by atoms with van der Waals surface area (Å²) < 4.78 is 2.48. The maximum atomic E-state index is 2.48. The Morgan fingerprint density at radius 3 is 2.16 bits per heavy atom. The van der Waals surface area contributed by atoms with E-state index in [2.05, 4.69) is 134 Å². The number of para-hydroxylation sites is 1. The minimum atomic E-state index is -0.0122. The summed E-state index contributed by atoms with van der Waals surface area (Å²) in [6, 6.07) is 43.1. The highest BCUT2D eigenvalue weighted by atomic mass is 14.9. The lowest BCUT2D eigenvalue weighted by Gasteiger charge is -2.22. The van der Waals surface area contributed by atoms with Gasteiger partial charge in [-0.3, -0.25) is 0 Å². The van der Waals surface area contributed by atoms with Crippen molar-refractivity contribution in [3.63, 3.8) is 0 Å². The second-order valence-corrected chi connectivity index (χ2v) is 11.4. The average Bonchev–Trinajstić information content (AvgIpc) is 3.56. The molecular formula is C37H25N. The van der Waals surface area contributed by atoms with Gasteiger partial charge >= 0.3 is 0 Å². The maximum absolute atomic E-state index is 2.48. The van der Waals surface area contributed by atoms with Crippen LogP contribution in [-0.4, -0.2) is 4.40 Å². The van der Waals surface area contributed by atoms with Crippen LogP contribution in [0.15, 0.2) is 115 Å². The van der Waals surface area contributed by atoms with E-state index in [1.54, 1.807) is 0 Å². The zero-order valence-corrected chi connectivity index (χ0v) is 21.4. The van der Waals surface area contributed by atoms with Crippen LogP contribution in [-0.2, 0) is 5.41 Å². The molecule has 0 saturated carbocycles. The Morgan fingerprint density at radius 2 is 1.24 bits per heavy atom. The summed E-state index contributed by atoms with van der Waals surface area (Å²) in [6.45, 7) is 4.72. The first-order valence-electron chi connectivity index (χ1n) is 13.5. The van der Waals surface area contributed by atoms with Crippen molar-refractivity contribution in [2.24, 2.45) is 0 Å². The van der Waals surface area contributed by atoms with Gasteiger partial charge in [0.1, 0.15) is 0 Å². The largest absolute Gasteiger partial charge is 0.308 e. The monoisotopic (exact) mass is 483 g/mol. The topological polar surface area (TPSA) is 4.41 Å². The average molecular weight is 484 g/mol. The van der Waals surface area contributed by atoms with Gasteiger partial charge in [0.05, 0.1) is 16.6 Å². The molecule has 0 fully saturated rings. The molecule has 1 nitrogen and oxygen atoms in total. The number of nitrogens with zero attached hydrogens (tertiary/aromatic N) is 1. The molecule has 2 aromatic heterocycles. The molecule has 0 saturated heterocycles. The standard InChI is InChI=1S/C37H25N/c1-37(2)31-13-7-5-11-26(31)27-17-15-23(21-32(27)37)24-19-29-28-12-6-8-14-33(28)38-34-18-16-22-9-3-4-10-25(22)35(34)30(20-24)36(29)38/h3-21H,1-2H3. The van der Waals surface area contributed by atoms with Crippen LogP contribution in [0.1, 0.15) is 25.0 Å². The minimum absolute atomic E-state index is 0.0122. The molecule has 1 aliphatic rings. The van der Waals surface area contributed by atoms with Gasteiger partial charge in [0.25, 0.3) is 0 Å². The van der Waals surface area contributed by atoms with Crippen molar-refractivity contribution in [3.8, 4) is 22.3 Å². The molecule has 0 spiro atoms. The van der Waals surface area contributed by atoms with Crippen LogP contribution in [0.25, 0.3) is 71.1 Å². The summed E-state index contributed by atoms with van der Waals surface area (Å²) >= 11 is 0. The summed E-state index contributed by atoms with van der Waals surface area (Å²) in [7, 11) is 0. The third-order valence-electron chi connectivity index (χ3n) is 9.10. The lowest BCUT2D eigenvalue weighted by atomic mass is 9.81. The van der Waals surface area contributed by atoms with Gasteiger partial charge in [0.2, 0.25) is 0 Å². The zero-order chi connectivity index (χ0) is 25.2. The highest BCUT2D eigenvalue weighted by Gasteiger charge is 2.35. The van der Waals surface area contributed by atoms with Crippen molar-refractivity contribution >= 4 is 48.9 Å². The third-order valence-corrected chi connectivity index (χ3v) is 9.10. The van der Waals surface area contributed by atoms with Gasteiger partial charge in [-0.05, 0) is 74.5 Å². The summed E-state index contributed by atoms with van der Waals surface area (Å²) in [5, 5.41) is 7.95. The van der Waals surface area contributed by atoms with E-state index in [9.17, 15) is 0 Å². The molecule has 1 aliphatic carbocycles. The van der Waals surface area contributed by atoms with E-state index >= 15 is 0 Å². The molecule has 0 N–H and O–H groups in total. The highest BCUT2D eigenvalue weighted by molar-refractivity contribution is 6.29. The van der Waals surface area contributed by atoms with E-state index < -0.39 is 0 Å². The van der Waals surface area contributed by atoms with E-state index in [-0.39, 0.29) is 5.41 Å². The predicted octanol–water partition coefficient (Wildman–Crippen LogP) is 9.96. The second kappa shape index (κ2) is 6.82. The molecule has 0 amide bonds. The molecule has 1 heteroatoms. The van der Waals surface area contributed by atoms with E-state index in [1.165, 1.54) is 82.2 Å². The SMILES string of the molecule is CC1(C)c2ccccc2-c2ccc(-c3cc4c5ccccc5n5c6ccc7ccccc7c6c(c3)c45)cc21. The van der Waals surface area contributed by atoms with Crippen LogP contribution >= 0.6 is 0 Å². The van der Waals surface area contributed by atoms with Crippen LogP contribution in [0.5, 0.6) is 0 Å². The fraction of sp³-hybridized carbons (Fsp3) is 0.0811. The van der Waals surface area contributed by atoms with Crippen molar-refractivity contribution < 1.29 is 0 Å². The molecule has 178 valence electrons. The Morgan fingerprint density at radius 1 is 0.500 bits per heavy atom. The zero-order valence-electron chi connectivity index (χ0n) is 21.4. The fourth-order valence-corrected chi connectivity index (χ4v) is 7.32. The Hall–Kier alpha value is -4.62. The molecule has 38 heavy (non-hydrogen) atoms. The van der Waals surface area contributed by atoms with Gasteiger partial charge in [0.15, 0.2) is 0 Å². The molecular weight excluding hydrogens is 458 g/mol. The van der Waals surface area contributed by atoms with Gasteiger partial charge < -0.3 is 4.40 Å². The van der Waals surface area contributed by atoms with Crippen LogP contribution < -0.4 is 0 Å². The van der Waals surface area contributed by atoms with Gasteiger partial charge in [0, 0.05) is 27.0 Å². The molecule has 8 aromatic rings. The Labute approximate surface area is 220 Å². The van der Waals surface area contributed by atoms with Gasteiger partial charge in [-0.1, -0.05) is 98.8 Å². The lowest BCUT2D eigenvalue weighted by Crippen LogP contribution is -2.14. The fourth-order valence-electron chi connectivity index (χ4n) is 7.32. The first kappa shape index (κ1) is 20.4. The Balaban J connectivity index is 1.41. The smallest absolute Gasteiger partial charge is 0.0621 e.